The first kappa shape index (κ1) is 14.0. The van der Waals surface area contributed by atoms with E-state index in [9.17, 15) is 4.79 Å². The molecule has 0 amide bonds. The summed E-state index contributed by atoms with van der Waals surface area (Å²) in [5.74, 6) is 3.17. The molecule has 5 atom stereocenters. The smallest absolute Gasteiger partial charge is 0.139 e. The second-order valence-electron chi connectivity index (χ2n) is 6.75. The summed E-state index contributed by atoms with van der Waals surface area (Å²) in [5, 5.41) is 0. The molecular weight excluding hydrogens is 222 g/mol. The Balaban J connectivity index is 1.97. The zero-order valence-electron chi connectivity index (χ0n) is 12.0. The molecule has 2 rings (SSSR count). The number of carbonyl (C=O) groups is 1. The fourth-order valence-corrected chi connectivity index (χ4v) is 3.97. The number of hydrogen-bond acceptors (Lipinski definition) is 2. The Bertz CT molecular complexity index is 289. The van der Waals surface area contributed by atoms with Gasteiger partial charge in [-0.1, -0.05) is 26.7 Å². The van der Waals surface area contributed by atoms with Crippen LogP contribution in [0.25, 0.3) is 0 Å². The van der Waals surface area contributed by atoms with Gasteiger partial charge in [0.25, 0.3) is 0 Å². The molecule has 2 fully saturated rings. The maximum absolute atomic E-state index is 12.7. The first-order valence-corrected chi connectivity index (χ1v) is 7.87. The van der Waals surface area contributed by atoms with Gasteiger partial charge in [-0.05, 0) is 56.4 Å². The summed E-state index contributed by atoms with van der Waals surface area (Å²) in [6.45, 7) is 5.34. The Kier molecular flexibility index (Phi) is 4.83. The molecule has 0 heterocycles. The van der Waals surface area contributed by atoms with Crippen molar-refractivity contribution in [2.24, 2.45) is 35.3 Å². The molecule has 0 aromatic heterocycles. The van der Waals surface area contributed by atoms with E-state index >= 15 is 0 Å². The molecule has 0 bridgehead atoms. The predicted molar refractivity (Wildman–Crippen MR) is 75.2 cm³/mol. The Labute approximate surface area is 112 Å². The summed E-state index contributed by atoms with van der Waals surface area (Å²) in [5.41, 5.74) is 5.86. The second-order valence-corrected chi connectivity index (χ2v) is 6.75. The van der Waals surface area contributed by atoms with Gasteiger partial charge in [-0.2, -0.15) is 0 Å². The Morgan fingerprint density at radius 3 is 2.44 bits per heavy atom. The number of Topliss-reactive ketones (excluding diaryl/α,β-unsaturated/α-hetero) is 1. The maximum atomic E-state index is 12.7. The number of carbonyl (C=O) groups excluding carboxylic acids is 1. The molecule has 2 saturated carbocycles. The lowest BCUT2D eigenvalue weighted by Gasteiger charge is -2.36. The minimum Gasteiger partial charge on any atom is -0.330 e. The van der Waals surface area contributed by atoms with Gasteiger partial charge < -0.3 is 5.73 Å². The largest absolute Gasteiger partial charge is 0.330 e. The van der Waals surface area contributed by atoms with Crippen molar-refractivity contribution in [2.75, 3.05) is 6.54 Å². The SMILES string of the molecule is CC1CCC(C(=O)C2CCCCC2CN)CC1C. The highest BCUT2D eigenvalue weighted by Crippen LogP contribution is 2.39. The minimum absolute atomic E-state index is 0.286. The van der Waals surface area contributed by atoms with Gasteiger partial charge in [0.05, 0.1) is 0 Å². The molecule has 2 N–H and O–H groups in total. The van der Waals surface area contributed by atoms with Crippen LogP contribution in [0.4, 0.5) is 0 Å². The summed E-state index contributed by atoms with van der Waals surface area (Å²) in [6.07, 6.45) is 8.24. The van der Waals surface area contributed by atoms with Crippen molar-refractivity contribution >= 4 is 5.78 Å². The van der Waals surface area contributed by atoms with Crippen molar-refractivity contribution in [3.8, 4) is 0 Å². The van der Waals surface area contributed by atoms with Crippen LogP contribution >= 0.6 is 0 Å². The van der Waals surface area contributed by atoms with E-state index in [2.05, 4.69) is 13.8 Å². The fraction of sp³-hybridized carbons (Fsp3) is 0.938. The van der Waals surface area contributed by atoms with Crippen LogP contribution in [0.2, 0.25) is 0 Å². The topological polar surface area (TPSA) is 43.1 Å². The van der Waals surface area contributed by atoms with Gasteiger partial charge in [-0.15, -0.1) is 0 Å². The van der Waals surface area contributed by atoms with Crippen LogP contribution in [0.5, 0.6) is 0 Å². The molecular formula is C16H29NO. The molecule has 5 unspecified atom stereocenters. The molecule has 0 saturated heterocycles. The third kappa shape index (κ3) is 2.96. The zero-order valence-corrected chi connectivity index (χ0v) is 12.0. The van der Waals surface area contributed by atoms with E-state index in [1.165, 1.54) is 25.7 Å². The number of nitrogens with two attached hydrogens (primary N) is 1. The van der Waals surface area contributed by atoms with Crippen molar-refractivity contribution in [1.29, 1.82) is 0 Å². The highest BCUT2D eigenvalue weighted by Gasteiger charge is 2.36. The van der Waals surface area contributed by atoms with Gasteiger partial charge in [0.1, 0.15) is 5.78 Å². The molecule has 0 aromatic rings. The van der Waals surface area contributed by atoms with Gasteiger partial charge in [0, 0.05) is 11.8 Å². The average Bonchev–Trinajstić information content (AvgIpc) is 2.41. The number of rotatable bonds is 3. The fourth-order valence-electron chi connectivity index (χ4n) is 3.97. The van der Waals surface area contributed by atoms with Gasteiger partial charge in [0.2, 0.25) is 0 Å². The van der Waals surface area contributed by atoms with E-state index in [1.54, 1.807) is 0 Å². The van der Waals surface area contributed by atoms with Crippen molar-refractivity contribution in [3.63, 3.8) is 0 Å². The molecule has 104 valence electrons. The van der Waals surface area contributed by atoms with E-state index in [4.69, 9.17) is 5.73 Å². The van der Waals surface area contributed by atoms with Gasteiger partial charge >= 0.3 is 0 Å². The lowest BCUT2D eigenvalue weighted by molar-refractivity contribution is -0.131. The predicted octanol–water partition coefficient (Wildman–Crippen LogP) is 3.39. The van der Waals surface area contributed by atoms with E-state index < -0.39 is 0 Å². The van der Waals surface area contributed by atoms with Crippen LogP contribution in [-0.4, -0.2) is 12.3 Å². The van der Waals surface area contributed by atoms with Crippen LogP contribution in [0.3, 0.4) is 0 Å². The minimum atomic E-state index is 0.286. The summed E-state index contributed by atoms with van der Waals surface area (Å²) >= 11 is 0. The van der Waals surface area contributed by atoms with Gasteiger partial charge in [0.15, 0.2) is 0 Å². The van der Waals surface area contributed by atoms with Crippen molar-refractivity contribution in [1.82, 2.24) is 0 Å². The van der Waals surface area contributed by atoms with E-state index in [1.807, 2.05) is 0 Å². The second kappa shape index (κ2) is 6.18. The standard InChI is InChI=1S/C16H29NO/c1-11-7-8-13(9-12(11)2)16(18)15-6-4-3-5-14(15)10-17/h11-15H,3-10,17H2,1-2H3. The Hall–Kier alpha value is -0.370. The normalized spacial score (nSPS) is 41.6. The van der Waals surface area contributed by atoms with Crippen LogP contribution in [0.15, 0.2) is 0 Å². The molecule has 2 nitrogen and oxygen atoms in total. The van der Waals surface area contributed by atoms with Crippen molar-refractivity contribution < 1.29 is 4.79 Å². The van der Waals surface area contributed by atoms with Crippen LogP contribution in [0, 0.1) is 29.6 Å². The van der Waals surface area contributed by atoms with E-state index in [0.29, 0.717) is 30.1 Å². The Morgan fingerprint density at radius 2 is 1.78 bits per heavy atom. The Morgan fingerprint density at radius 1 is 1.06 bits per heavy atom. The molecule has 0 aromatic carbocycles. The van der Waals surface area contributed by atoms with Crippen LogP contribution < -0.4 is 5.73 Å². The molecule has 2 aliphatic carbocycles. The van der Waals surface area contributed by atoms with E-state index in [0.717, 1.165) is 25.2 Å². The number of hydrogen-bond donors (Lipinski definition) is 1. The zero-order chi connectivity index (χ0) is 13.1. The van der Waals surface area contributed by atoms with Crippen molar-refractivity contribution in [2.45, 2.75) is 58.8 Å². The lowest BCUT2D eigenvalue weighted by atomic mass is 9.68. The molecule has 2 aliphatic rings. The average molecular weight is 251 g/mol. The highest BCUT2D eigenvalue weighted by molar-refractivity contribution is 5.84. The molecule has 2 heteroatoms. The monoisotopic (exact) mass is 251 g/mol. The molecule has 0 radical (unpaired) electrons. The molecule has 18 heavy (non-hydrogen) atoms. The van der Waals surface area contributed by atoms with Crippen molar-refractivity contribution in [3.05, 3.63) is 0 Å². The summed E-state index contributed by atoms with van der Waals surface area (Å²) in [6, 6.07) is 0. The quantitative estimate of drug-likeness (QED) is 0.835. The third-order valence-electron chi connectivity index (χ3n) is 5.58. The number of ketones is 1. The van der Waals surface area contributed by atoms with Crippen LogP contribution in [-0.2, 0) is 4.79 Å². The van der Waals surface area contributed by atoms with Gasteiger partial charge in [-0.3, -0.25) is 4.79 Å². The third-order valence-corrected chi connectivity index (χ3v) is 5.58. The summed E-state index contributed by atoms with van der Waals surface area (Å²) in [7, 11) is 0. The van der Waals surface area contributed by atoms with E-state index in [-0.39, 0.29) is 5.92 Å². The summed E-state index contributed by atoms with van der Waals surface area (Å²) in [4.78, 5) is 12.7. The first-order valence-electron chi connectivity index (χ1n) is 7.87. The lowest BCUT2D eigenvalue weighted by Crippen LogP contribution is -2.38. The summed E-state index contributed by atoms with van der Waals surface area (Å²) < 4.78 is 0. The van der Waals surface area contributed by atoms with Gasteiger partial charge in [-0.25, -0.2) is 0 Å². The molecule has 0 aliphatic heterocycles. The molecule has 0 spiro atoms. The van der Waals surface area contributed by atoms with Crippen LogP contribution in [0.1, 0.15) is 58.8 Å². The first-order chi connectivity index (χ1) is 8.63. The highest BCUT2D eigenvalue weighted by atomic mass is 16.1. The maximum Gasteiger partial charge on any atom is 0.139 e.